The molecule has 0 fully saturated rings. The van der Waals surface area contributed by atoms with E-state index in [0.29, 0.717) is 23.7 Å². The van der Waals surface area contributed by atoms with E-state index in [1.807, 2.05) is 73.0 Å². The van der Waals surface area contributed by atoms with Gasteiger partial charge in [-0.2, -0.15) is 0 Å². The van der Waals surface area contributed by atoms with Gasteiger partial charge in [-0.05, 0) is 42.3 Å². The van der Waals surface area contributed by atoms with Gasteiger partial charge >= 0.3 is 0 Å². The molecule has 4 nitrogen and oxygen atoms in total. The SMILES string of the molecule is CCC1Oc2ccc(-c3csc(-c4ccccc4)n3)cc2N(Cc2cccc(Cl)c2)C1=O. The van der Waals surface area contributed by atoms with E-state index in [-0.39, 0.29) is 5.91 Å². The van der Waals surface area contributed by atoms with Crippen LogP contribution in [0.4, 0.5) is 5.69 Å². The van der Waals surface area contributed by atoms with Crippen molar-refractivity contribution >= 4 is 34.5 Å². The fourth-order valence-corrected chi connectivity index (χ4v) is 4.89. The first-order valence-electron chi connectivity index (χ1n) is 10.5. The van der Waals surface area contributed by atoms with Crippen LogP contribution in [0.15, 0.2) is 78.2 Å². The van der Waals surface area contributed by atoms with Gasteiger partial charge in [-0.15, -0.1) is 11.3 Å². The molecule has 0 saturated carbocycles. The molecule has 0 bridgehead atoms. The molecule has 1 aliphatic rings. The van der Waals surface area contributed by atoms with E-state index >= 15 is 0 Å². The highest BCUT2D eigenvalue weighted by molar-refractivity contribution is 7.13. The molecular formula is C26H21ClN2O2S. The first-order valence-corrected chi connectivity index (χ1v) is 11.8. The summed E-state index contributed by atoms with van der Waals surface area (Å²) in [6, 6.07) is 23.7. The van der Waals surface area contributed by atoms with Crippen LogP contribution in [0.5, 0.6) is 5.75 Å². The number of hydrogen-bond acceptors (Lipinski definition) is 4. The number of fused-ring (bicyclic) bond motifs is 1. The average Bonchev–Trinajstić information content (AvgIpc) is 3.31. The summed E-state index contributed by atoms with van der Waals surface area (Å²) in [5.41, 5.74) is 4.65. The minimum atomic E-state index is -0.489. The lowest BCUT2D eigenvalue weighted by molar-refractivity contribution is -0.126. The summed E-state index contributed by atoms with van der Waals surface area (Å²) in [5, 5.41) is 3.67. The molecule has 0 N–H and O–H groups in total. The molecule has 0 spiro atoms. The summed E-state index contributed by atoms with van der Waals surface area (Å²) in [4.78, 5) is 19.8. The number of nitrogens with zero attached hydrogens (tertiary/aromatic N) is 2. The lowest BCUT2D eigenvalue weighted by Gasteiger charge is -2.34. The second kappa shape index (κ2) is 8.77. The third-order valence-corrected chi connectivity index (χ3v) is 6.61. The van der Waals surface area contributed by atoms with Gasteiger partial charge in [0.05, 0.1) is 17.9 Å². The van der Waals surface area contributed by atoms with Crippen LogP contribution in [0, 0.1) is 0 Å². The fourth-order valence-electron chi connectivity index (χ4n) is 3.84. The van der Waals surface area contributed by atoms with Gasteiger partial charge in [0.15, 0.2) is 6.10 Å². The maximum atomic E-state index is 13.2. The van der Waals surface area contributed by atoms with Crippen molar-refractivity contribution in [1.82, 2.24) is 4.98 Å². The van der Waals surface area contributed by atoms with Gasteiger partial charge in [-0.1, -0.05) is 61.0 Å². The third kappa shape index (κ3) is 4.01. The van der Waals surface area contributed by atoms with E-state index in [0.717, 1.165) is 33.1 Å². The van der Waals surface area contributed by atoms with Crippen LogP contribution in [0.3, 0.4) is 0 Å². The van der Waals surface area contributed by atoms with Crippen LogP contribution in [0.1, 0.15) is 18.9 Å². The van der Waals surface area contributed by atoms with Crippen molar-refractivity contribution in [1.29, 1.82) is 0 Å². The molecule has 0 aliphatic carbocycles. The van der Waals surface area contributed by atoms with E-state index in [2.05, 4.69) is 12.1 Å². The Morgan fingerprint density at radius 2 is 1.88 bits per heavy atom. The topological polar surface area (TPSA) is 42.4 Å². The molecule has 1 aliphatic heterocycles. The Balaban J connectivity index is 1.52. The molecular weight excluding hydrogens is 440 g/mol. The van der Waals surface area contributed by atoms with E-state index in [1.165, 1.54) is 0 Å². The molecule has 2 heterocycles. The largest absolute Gasteiger partial charge is 0.478 e. The monoisotopic (exact) mass is 460 g/mol. The van der Waals surface area contributed by atoms with Crippen molar-refractivity contribution < 1.29 is 9.53 Å². The zero-order valence-corrected chi connectivity index (χ0v) is 19.1. The Morgan fingerprint density at radius 3 is 2.66 bits per heavy atom. The van der Waals surface area contributed by atoms with E-state index in [1.54, 1.807) is 16.2 Å². The minimum absolute atomic E-state index is 0.0413. The van der Waals surface area contributed by atoms with Crippen molar-refractivity contribution in [3.8, 4) is 27.6 Å². The van der Waals surface area contributed by atoms with Crippen molar-refractivity contribution in [2.24, 2.45) is 0 Å². The number of benzene rings is 3. The standard InChI is InChI=1S/C26H21ClN2O2S/c1-2-23-26(30)29(15-17-7-6-10-20(27)13-17)22-14-19(11-12-24(22)31-23)21-16-32-25(28-21)18-8-4-3-5-9-18/h3-14,16,23H,2,15H2,1H3. The number of hydrogen-bond donors (Lipinski definition) is 0. The van der Waals surface area contributed by atoms with Crippen LogP contribution in [-0.2, 0) is 11.3 Å². The van der Waals surface area contributed by atoms with Crippen molar-refractivity contribution in [3.63, 3.8) is 0 Å². The quantitative estimate of drug-likeness (QED) is 0.327. The number of halogens is 1. The van der Waals surface area contributed by atoms with Gasteiger partial charge < -0.3 is 9.64 Å². The maximum Gasteiger partial charge on any atom is 0.268 e. The second-order valence-corrected chi connectivity index (χ2v) is 8.95. The number of carbonyl (C=O) groups excluding carboxylic acids is 1. The molecule has 1 aromatic heterocycles. The van der Waals surface area contributed by atoms with Crippen LogP contribution in [0.25, 0.3) is 21.8 Å². The van der Waals surface area contributed by atoms with E-state index < -0.39 is 6.10 Å². The number of amides is 1. The zero-order chi connectivity index (χ0) is 22.1. The molecule has 1 amide bonds. The second-order valence-electron chi connectivity index (χ2n) is 7.66. The number of ether oxygens (including phenoxy) is 1. The van der Waals surface area contributed by atoms with Crippen molar-refractivity contribution in [3.05, 3.63) is 88.8 Å². The Hall–Kier alpha value is -3.15. The summed E-state index contributed by atoms with van der Waals surface area (Å²) < 4.78 is 6.02. The highest BCUT2D eigenvalue weighted by atomic mass is 35.5. The highest BCUT2D eigenvalue weighted by Crippen LogP contribution is 2.39. The van der Waals surface area contributed by atoms with Crippen LogP contribution in [0.2, 0.25) is 5.02 Å². The molecule has 6 heteroatoms. The van der Waals surface area contributed by atoms with Gasteiger partial charge in [0.2, 0.25) is 0 Å². The average molecular weight is 461 g/mol. The smallest absolute Gasteiger partial charge is 0.268 e. The van der Waals surface area contributed by atoms with E-state index in [4.69, 9.17) is 21.3 Å². The molecule has 0 saturated heterocycles. The van der Waals surface area contributed by atoms with Crippen molar-refractivity contribution in [2.45, 2.75) is 26.0 Å². The first-order chi connectivity index (χ1) is 15.6. The minimum Gasteiger partial charge on any atom is -0.478 e. The summed E-state index contributed by atoms with van der Waals surface area (Å²) in [5.74, 6) is 0.668. The van der Waals surface area contributed by atoms with Crippen LogP contribution < -0.4 is 9.64 Å². The Bertz CT molecular complexity index is 1270. The molecule has 32 heavy (non-hydrogen) atoms. The van der Waals surface area contributed by atoms with E-state index in [9.17, 15) is 4.79 Å². The number of aromatic nitrogens is 1. The fraction of sp³-hybridized carbons (Fsp3) is 0.154. The Kier molecular flexibility index (Phi) is 5.68. The molecule has 0 radical (unpaired) electrons. The highest BCUT2D eigenvalue weighted by Gasteiger charge is 2.33. The summed E-state index contributed by atoms with van der Waals surface area (Å²) in [6.07, 6.45) is 0.120. The molecule has 3 aromatic carbocycles. The maximum absolute atomic E-state index is 13.2. The molecule has 4 aromatic rings. The summed E-state index contributed by atoms with van der Waals surface area (Å²) in [7, 11) is 0. The van der Waals surface area contributed by atoms with Gasteiger partial charge in [0.1, 0.15) is 10.8 Å². The van der Waals surface area contributed by atoms with Crippen molar-refractivity contribution in [2.75, 3.05) is 4.90 Å². The molecule has 160 valence electrons. The zero-order valence-electron chi connectivity index (χ0n) is 17.5. The third-order valence-electron chi connectivity index (χ3n) is 5.48. The van der Waals surface area contributed by atoms with Gasteiger partial charge in [0, 0.05) is 21.5 Å². The predicted molar refractivity (Wildman–Crippen MR) is 130 cm³/mol. The number of carbonyl (C=O) groups is 1. The Labute approximate surface area is 196 Å². The normalized spacial score (nSPS) is 15.4. The molecule has 1 unspecified atom stereocenters. The van der Waals surface area contributed by atoms with Gasteiger partial charge in [-0.3, -0.25) is 4.79 Å². The van der Waals surface area contributed by atoms with Crippen LogP contribution in [-0.4, -0.2) is 17.0 Å². The lowest BCUT2D eigenvalue weighted by Crippen LogP contribution is -2.45. The summed E-state index contributed by atoms with van der Waals surface area (Å²) in [6.45, 7) is 2.39. The summed E-state index contributed by atoms with van der Waals surface area (Å²) >= 11 is 7.78. The Morgan fingerprint density at radius 1 is 1.03 bits per heavy atom. The van der Waals surface area contributed by atoms with Gasteiger partial charge in [-0.25, -0.2) is 4.98 Å². The molecule has 1 atom stereocenters. The lowest BCUT2D eigenvalue weighted by atomic mass is 10.1. The number of rotatable bonds is 5. The first kappa shape index (κ1) is 20.7. The molecule has 5 rings (SSSR count). The van der Waals surface area contributed by atoms with Crippen LogP contribution >= 0.6 is 22.9 Å². The number of anilines is 1. The number of thiazole rings is 1. The van der Waals surface area contributed by atoms with Gasteiger partial charge in [0.25, 0.3) is 5.91 Å². The predicted octanol–water partition coefficient (Wildman–Crippen LogP) is 6.83.